The Hall–Kier alpha value is -1.57. The number of nitrogens with one attached hydrogen (secondary N) is 1. The molecular formula is C16H24IN5. The molecule has 0 aliphatic heterocycles. The summed E-state index contributed by atoms with van der Waals surface area (Å²) in [5, 5.41) is 3.37. The average molecular weight is 413 g/mol. The van der Waals surface area contributed by atoms with Crippen LogP contribution in [0.4, 0.5) is 0 Å². The third-order valence-corrected chi connectivity index (χ3v) is 3.45. The molecule has 0 saturated carbocycles. The second-order valence-electron chi connectivity index (χ2n) is 5.06. The van der Waals surface area contributed by atoms with E-state index in [4.69, 9.17) is 0 Å². The van der Waals surface area contributed by atoms with Crippen molar-refractivity contribution in [3.05, 3.63) is 54.1 Å². The predicted molar refractivity (Wildman–Crippen MR) is 102 cm³/mol. The summed E-state index contributed by atoms with van der Waals surface area (Å²) >= 11 is 0. The first-order chi connectivity index (χ1) is 10.2. The summed E-state index contributed by atoms with van der Waals surface area (Å²) in [7, 11) is 3.87. The number of rotatable bonds is 5. The fraction of sp³-hybridized carbons (Fsp3) is 0.375. The van der Waals surface area contributed by atoms with Crippen molar-refractivity contribution in [1.82, 2.24) is 19.8 Å². The summed E-state index contributed by atoms with van der Waals surface area (Å²) in [6.07, 6.45) is 5.57. The molecule has 6 heteroatoms. The van der Waals surface area contributed by atoms with E-state index >= 15 is 0 Å². The SMILES string of the molecule is CN=C(NCCn1ccnc1)N(C)Cc1ccccc1C.I. The van der Waals surface area contributed by atoms with E-state index < -0.39 is 0 Å². The van der Waals surface area contributed by atoms with Crippen LogP contribution in [0.2, 0.25) is 0 Å². The Labute approximate surface area is 149 Å². The molecule has 0 spiro atoms. The zero-order valence-corrected chi connectivity index (χ0v) is 15.7. The Morgan fingerprint density at radius 2 is 2.14 bits per heavy atom. The molecule has 22 heavy (non-hydrogen) atoms. The highest BCUT2D eigenvalue weighted by Gasteiger charge is 2.07. The van der Waals surface area contributed by atoms with Crippen LogP contribution in [0.1, 0.15) is 11.1 Å². The van der Waals surface area contributed by atoms with Crippen molar-refractivity contribution in [1.29, 1.82) is 0 Å². The topological polar surface area (TPSA) is 45.5 Å². The van der Waals surface area contributed by atoms with Crippen LogP contribution in [0, 0.1) is 6.92 Å². The van der Waals surface area contributed by atoms with E-state index in [1.807, 2.05) is 24.1 Å². The Balaban J connectivity index is 0.00000242. The fourth-order valence-corrected chi connectivity index (χ4v) is 2.22. The number of halogens is 1. The molecule has 0 aliphatic rings. The summed E-state index contributed by atoms with van der Waals surface area (Å²) in [6.45, 7) is 4.67. The number of aromatic nitrogens is 2. The molecule has 120 valence electrons. The maximum atomic E-state index is 4.34. The van der Waals surface area contributed by atoms with Crippen molar-refractivity contribution in [2.24, 2.45) is 4.99 Å². The quantitative estimate of drug-likeness (QED) is 0.466. The smallest absolute Gasteiger partial charge is 0.193 e. The van der Waals surface area contributed by atoms with Crippen molar-refractivity contribution < 1.29 is 0 Å². The zero-order valence-electron chi connectivity index (χ0n) is 13.4. The van der Waals surface area contributed by atoms with Gasteiger partial charge in [0, 0.05) is 46.1 Å². The molecular weight excluding hydrogens is 389 g/mol. The third kappa shape index (κ3) is 5.32. The lowest BCUT2D eigenvalue weighted by Gasteiger charge is -2.23. The van der Waals surface area contributed by atoms with E-state index in [1.165, 1.54) is 11.1 Å². The summed E-state index contributed by atoms with van der Waals surface area (Å²) in [4.78, 5) is 10.5. The van der Waals surface area contributed by atoms with Crippen LogP contribution < -0.4 is 5.32 Å². The summed E-state index contributed by atoms with van der Waals surface area (Å²) in [6, 6.07) is 8.44. The molecule has 0 bridgehead atoms. The zero-order chi connectivity index (χ0) is 15.1. The summed E-state index contributed by atoms with van der Waals surface area (Å²) in [5.41, 5.74) is 2.62. The van der Waals surface area contributed by atoms with Gasteiger partial charge in [-0.1, -0.05) is 24.3 Å². The minimum atomic E-state index is 0. The van der Waals surface area contributed by atoms with E-state index in [-0.39, 0.29) is 24.0 Å². The highest BCUT2D eigenvalue weighted by molar-refractivity contribution is 14.0. The molecule has 2 rings (SSSR count). The number of hydrogen-bond acceptors (Lipinski definition) is 2. The molecule has 1 heterocycles. The van der Waals surface area contributed by atoms with Crippen LogP contribution in [0.3, 0.4) is 0 Å². The van der Waals surface area contributed by atoms with Gasteiger partial charge in [0.2, 0.25) is 0 Å². The Kier molecular flexibility index (Phi) is 7.94. The molecule has 0 saturated heterocycles. The van der Waals surface area contributed by atoms with Crippen molar-refractivity contribution >= 4 is 29.9 Å². The van der Waals surface area contributed by atoms with Crippen molar-refractivity contribution in [3.63, 3.8) is 0 Å². The summed E-state index contributed by atoms with van der Waals surface area (Å²) < 4.78 is 2.04. The molecule has 0 amide bonds. The van der Waals surface area contributed by atoms with Gasteiger partial charge in [0.1, 0.15) is 0 Å². The Bertz CT molecular complexity index is 580. The molecule has 5 nitrogen and oxygen atoms in total. The van der Waals surface area contributed by atoms with Crippen molar-refractivity contribution in [3.8, 4) is 0 Å². The van der Waals surface area contributed by atoms with Gasteiger partial charge >= 0.3 is 0 Å². The first-order valence-corrected chi connectivity index (χ1v) is 7.12. The number of nitrogens with zero attached hydrogens (tertiary/aromatic N) is 4. The highest BCUT2D eigenvalue weighted by Crippen LogP contribution is 2.09. The Morgan fingerprint density at radius 3 is 2.77 bits per heavy atom. The van der Waals surface area contributed by atoms with E-state index in [2.05, 4.69) is 58.4 Å². The maximum Gasteiger partial charge on any atom is 0.193 e. The van der Waals surface area contributed by atoms with Gasteiger partial charge in [-0.15, -0.1) is 24.0 Å². The van der Waals surface area contributed by atoms with E-state index in [1.54, 1.807) is 6.20 Å². The van der Waals surface area contributed by atoms with Gasteiger partial charge in [-0.2, -0.15) is 0 Å². The number of guanidine groups is 1. The van der Waals surface area contributed by atoms with Crippen molar-refractivity contribution in [2.45, 2.75) is 20.0 Å². The molecule has 1 aromatic heterocycles. The fourth-order valence-electron chi connectivity index (χ4n) is 2.22. The second-order valence-corrected chi connectivity index (χ2v) is 5.06. The van der Waals surface area contributed by atoms with Gasteiger partial charge in [-0.3, -0.25) is 4.99 Å². The van der Waals surface area contributed by atoms with Crippen LogP contribution in [0.15, 0.2) is 48.0 Å². The number of benzene rings is 1. The van der Waals surface area contributed by atoms with Gasteiger partial charge < -0.3 is 14.8 Å². The van der Waals surface area contributed by atoms with Crippen molar-refractivity contribution in [2.75, 3.05) is 20.6 Å². The van der Waals surface area contributed by atoms with E-state index in [0.717, 1.165) is 25.6 Å². The van der Waals surface area contributed by atoms with Crippen LogP contribution in [0.5, 0.6) is 0 Å². The van der Waals surface area contributed by atoms with Gasteiger partial charge in [-0.05, 0) is 18.1 Å². The minimum absolute atomic E-state index is 0. The number of imidazole rings is 1. The van der Waals surface area contributed by atoms with Crippen LogP contribution in [0.25, 0.3) is 0 Å². The maximum absolute atomic E-state index is 4.34. The first-order valence-electron chi connectivity index (χ1n) is 7.12. The van der Waals surface area contributed by atoms with Gasteiger partial charge in [-0.25, -0.2) is 4.98 Å². The molecule has 0 atom stereocenters. The lowest BCUT2D eigenvalue weighted by molar-refractivity contribution is 0.472. The van der Waals surface area contributed by atoms with Gasteiger partial charge in [0.05, 0.1) is 6.33 Å². The first kappa shape index (κ1) is 18.5. The lowest BCUT2D eigenvalue weighted by Crippen LogP contribution is -2.39. The number of aryl methyl sites for hydroxylation is 1. The van der Waals surface area contributed by atoms with Crippen LogP contribution in [-0.2, 0) is 13.1 Å². The van der Waals surface area contributed by atoms with E-state index in [9.17, 15) is 0 Å². The largest absolute Gasteiger partial charge is 0.354 e. The molecule has 0 unspecified atom stereocenters. The minimum Gasteiger partial charge on any atom is -0.354 e. The normalized spacial score (nSPS) is 11.0. The molecule has 1 N–H and O–H groups in total. The number of hydrogen-bond donors (Lipinski definition) is 1. The van der Waals surface area contributed by atoms with E-state index in [0.29, 0.717) is 0 Å². The van der Waals surface area contributed by atoms with Gasteiger partial charge in [0.25, 0.3) is 0 Å². The average Bonchev–Trinajstić information content (AvgIpc) is 2.99. The summed E-state index contributed by atoms with van der Waals surface area (Å²) in [5.74, 6) is 0.901. The molecule has 2 aromatic rings. The van der Waals surface area contributed by atoms with Crippen LogP contribution >= 0.6 is 24.0 Å². The lowest BCUT2D eigenvalue weighted by atomic mass is 10.1. The predicted octanol–water partition coefficient (Wildman–Crippen LogP) is 2.52. The van der Waals surface area contributed by atoms with Gasteiger partial charge in [0.15, 0.2) is 5.96 Å². The molecule has 0 radical (unpaired) electrons. The highest BCUT2D eigenvalue weighted by atomic mass is 127. The Morgan fingerprint density at radius 1 is 1.36 bits per heavy atom. The standard InChI is InChI=1S/C16H23N5.HI/c1-14-6-4-5-7-15(14)12-20(3)16(17-2)19-9-11-21-10-8-18-13-21;/h4-8,10,13H,9,11-12H2,1-3H3,(H,17,19);1H. The molecule has 1 aromatic carbocycles. The molecule has 0 aliphatic carbocycles. The number of aliphatic imine (C=N–C) groups is 1. The van der Waals surface area contributed by atoms with Crippen LogP contribution in [-0.4, -0.2) is 41.1 Å². The monoisotopic (exact) mass is 413 g/mol. The molecule has 0 fully saturated rings. The second kappa shape index (κ2) is 9.45. The third-order valence-electron chi connectivity index (χ3n) is 3.45.